The first-order valence-electron chi connectivity index (χ1n) is 15.6. The van der Waals surface area contributed by atoms with Crippen molar-refractivity contribution in [3.63, 3.8) is 0 Å². The van der Waals surface area contributed by atoms with Gasteiger partial charge in [0.1, 0.15) is 0 Å². The van der Waals surface area contributed by atoms with E-state index in [9.17, 15) is 0 Å². The van der Waals surface area contributed by atoms with E-state index >= 15 is 0 Å². The van der Waals surface area contributed by atoms with E-state index in [1.54, 1.807) is 0 Å². The van der Waals surface area contributed by atoms with Gasteiger partial charge in [0.25, 0.3) is 5.89 Å². The van der Waals surface area contributed by atoms with Crippen molar-refractivity contribution in [2.24, 2.45) is 0 Å². The lowest BCUT2D eigenvalue weighted by atomic mass is 10.00. The van der Waals surface area contributed by atoms with Gasteiger partial charge in [-0.2, -0.15) is 4.98 Å². The second-order valence-corrected chi connectivity index (χ2v) is 11.0. The van der Waals surface area contributed by atoms with Crippen LogP contribution in [0.2, 0.25) is 0 Å². The molecule has 4 rings (SSSR count). The molecule has 0 bridgehead atoms. The van der Waals surface area contributed by atoms with Crippen molar-refractivity contribution in [1.29, 1.82) is 0 Å². The summed E-state index contributed by atoms with van der Waals surface area (Å²) in [6.07, 6.45) is 20.9. The van der Waals surface area contributed by atoms with Gasteiger partial charge in [0.05, 0.1) is 0 Å². The Morgan fingerprint density at radius 3 is 1.57 bits per heavy atom. The quantitative estimate of drug-likeness (QED) is 0.126. The minimum atomic E-state index is 0.514. The maximum absolute atomic E-state index is 5.49. The number of hydrogen-bond donors (Lipinski definition) is 0. The summed E-state index contributed by atoms with van der Waals surface area (Å²) in [6.45, 7) is 4.53. The Balaban J connectivity index is 1.26. The van der Waals surface area contributed by atoms with Crippen LogP contribution in [-0.2, 0) is 12.8 Å². The number of aryl methyl sites for hydroxylation is 2. The molecule has 1 aromatic heterocycles. The highest BCUT2D eigenvalue weighted by Crippen LogP contribution is 2.25. The van der Waals surface area contributed by atoms with Crippen molar-refractivity contribution < 1.29 is 4.52 Å². The largest absolute Gasteiger partial charge is 0.334 e. The molecule has 3 aromatic carbocycles. The minimum absolute atomic E-state index is 0.514. The molecule has 3 heteroatoms. The number of aromatic nitrogens is 2. The molecule has 0 aliphatic rings. The van der Waals surface area contributed by atoms with Crippen LogP contribution in [0.5, 0.6) is 0 Å². The third-order valence-corrected chi connectivity index (χ3v) is 7.66. The van der Waals surface area contributed by atoms with E-state index in [4.69, 9.17) is 4.52 Å². The molecule has 0 radical (unpaired) electrons. The highest BCUT2D eigenvalue weighted by molar-refractivity contribution is 5.69. The van der Waals surface area contributed by atoms with Crippen LogP contribution in [0.3, 0.4) is 0 Å². The van der Waals surface area contributed by atoms with Gasteiger partial charge in [0, 0.05) is 11.6 Å². The Morgan fingerprint density at radius 2 is 1.00 bits per heavy atom. The monoisotopic (exact) mass is 534 g/mol. The number of rotatable bonds is 17. The van der Waals surface area contributed by atoms with Gasteiger partial charge in [-0.1, -0.05) is 150 Å². The molecule has 0 N–H and O–H groups in total. The lowest BCUT2D eigenvalue weighted by Crippen LogP contribution is -1.87. The third kappa shape index (κ3) is 9.62. The van der Waals surface area contributed by atoms with Crippen LogP contribution in [0.15, 0.2) is 77.3 Å². The molecule has 3 nitrogen and oxygen atoms in total. The van der Waals surface area contributed by atoms with Crippen LogP contribution >= 0.6 is 0 Å². The van der Waals surface area contributed by atoms with Gasteiger partial charge < -0.3 is 4.52 Å². The van der Waals surface area contributed by atoms with Gasteiger partial charge in [-0.15, -0.1) is 0 Å². The molecule has 0 amide bonds. The van der Waals surface area contributed by atoms with Gasteiger partial charge in [0.2, 0.25) is 5.82 Å². The fourth-order valence-corrected chi connectivity index (χ4v) is 5.10. The second-order valence-electron chi connectivity index (χ2n) is 11.0. The van der Waals surface area contributed by atoms with Gasteiger partial charge in [-0.25, -0.2) is 0 Å². The minimum Gasteiger partial charge on any atom is -0.334 e. The summed E-state index contributed by atoms with van der Waals surface area (Å²) in [4.78, 5) is 4.58. The van der Waals surface area contributed by atoms with Crippen LogP contribution < -0.4 is 0 Å². The van der Waals surface area contributed by atoms with E-state index < -0.39 is 0 Å². The van der Waals surface area contributed by atoms with E-state index in [1.807, 2.05) is 12.2 Å². The molecule has 210 valence electrons. The predicted octanol–water partition coefficient (Wildman–Crippen LogP) is 11.0. The third-order valence-electron chi connectivity index (χ3n) is 7.66. The Kier molecular flexibility index (Phi) is 12.3. The van der Waals surface area contributed by atoms with E-state index in [2.05, 4.69) is 96.8 Å². The zero-order chi connectivity index (χ0) is 27.8. The number of nitrogens with zero attached hydrogens (tertiary/aromatic N) is 2. The van der Waals surface area contributed by atoms with Crippen LogP contribution in [0, 0.1) is 0 Å². The maximum Gasteiger partial charge on any atom is 0.250 e. The van der Waals surface area contributed by atoms with Crippen LogP contribution in [0.25, 0.3) is 34.7 Å². The van der Waals surface area contributed by atoms with Gasteiger partial charge in [-0.3, -0.25) is 0 Å². The van der Waals surface area contributed by atoms with Crippen LogP contribution in [-0.4, -0.2) is 10.1 Å². The molecule has 0 saturated carbocycles. The number of hydrogen-bond acceptors (Lipinski definition) is 3. The van der Waals surface area contributed by atoms with Crippen molar-refractivity contribution in [3.8, 4) is 22.5 Å². The first-order chi connectivity index (χ1) is 19.7. The molecule has 0 aliphatic heterocycles. The number of benzene rings is 3. The van der Waals surface area contributed by atoms with E-state index in [0.29, 0.717) is 11.7 Å². The van der Waals surface area contributed by atoms with E-state index in [0.717, 1.165) is 17.5 Å². The first kappa shape index (κ1) is 29.5. The molecule has 40 heavy (non-hydrogen) atoms. The van der Waals surface area contributed by atoms with Crippen molar-refractivity contribution in [1.82, 2.24) is 10.1 Å². The summed E-state index contributed by atoms with van der Waals surface area (Å²) in [5.74, 6) is 1.12. The first-order valence-corrected chi connectivity index (χ1v) is 15.6. The summed E-state index contributed by atoms with van der Waals surface area (Å²) >= 11 is 0. The Morgan fingerprint density at radius 1 is 0.525 bits per heavy atom. The van der Waals surface area contributed by atoms with Crippen LogP contribution in [0.1, 0.15) is 107 Å². The zero-order valence-electron chi connectivity index (χ0n) is 24.6. The lowest BCUT2D eigenvalue weighted by Gasteiger charge is -2.06. The molecule has 0 aliphatic carbocycles. The number of unbranched alkanes of at least 4 members (excludes halogenated alkanes) is 9. The van der Waals surface area contributed by atoms with E-state index in [-0.39, 0.29) is 0 Å². The lowest BCUT2D eigenvalue weighted by molar-refractivity contribution is 0.411. The summed E-state index contributed by atoms with van der Waals surface area (Å²) in [5, 5.41) is 4.20. The molecule has 0 saturated heterocycles. The van der Waals surface area contributed by atoms with E-state index in [1.165, 1.54) is 99.3 Å². The molecule has 0 unspecified atom stereocenters. The normalized spacial score (nSPS) is 11.4. The SMILES string of the molecule is CCCCCCCCc1ccc(-c2ccc(-c3noc(C=Cc4ccc(CCCCCCC)cc4)n3)cc2)cc1. The smallest absolute Gasteiger partial charge is 0.250 e. The topological polar surface area (TPSA) is 38.9 Å². The van der Waals surface area contributed by atoms with Crippen molar-refractivity contribution >= 4 is 12.2 Å². The average molecular weight is 535 g/mol. The summed E-state index contributed by atoms with van der Waals surface area (Å²) in [7, 11) is 0. The van der Waals surface area contributed by atoms with Crippen molar-refractivity contribution in [2.75, 3.05) is 0 Å². The summed E-state index contributed by atoms with van der Waals surface area (Å²) < 4.78 is 5.49. The maximum atomic E-state index is 5.49. The zero-order valence-corrected chi connectivity index (χ0v) is 24.6. The Labute approximate surface area is 241 Å². The molecular weight excluding hydrogens is 488 g/mol. The highest BCUT2D eigenvalue weighted by atomic mass is 16.5. The molecule has 1 heterocycles. The van der Waals surface area contributed by atoms with Gasteiger partial charge >= 0.3 is 0 Å². The molecule has 0 fully saturated rings. The highest BCUT2D eigenvalue weighted by Gasteiger charge is 2.07. The summed E-state index contributed by atoms with van der Waals surface area (Å²) in [5.41, 5.74) is 7.35. The standard InChI is InChI=1S/C37H46N2O/c1-3-5-7-9-11-13-15-31-20-23-33(24-21-31)34-25-27-35(28-26-34)37-38-36(40-39-37)29-22-32-18-16-30(17-19-32)14-12-10-8-6-4-2/h16-29H,3-15H2,1-2H3. The average Bonchev–Trinajstić information content (AvgIpc) is 3.48. The van der Waals surface area contributed by atoms with Gasteiger partial charge in [-0.05, 0) is 59.6 Å². The Hall–Kier alpha value is -3.46. The second kappa shape index (κ2) is 16.6. The van der Waals surface area contributed by atoms with Gasteiger partial charge in [0.15, 0.2) is 0 Å². The molecule has 0 spiro atoms. The van der Waals surface area contributed by atoms with Crippen molar-refractivity contribution in [2.45, 2.75) is 97.3 Å². The molecular formula is C37H46N2O. The molecule has 0 atom stereocenters. The van der Waals surface area contributed by atoms with Crippen LogP contribution in [0.4, 0.5) is 0 Å². The fourth-order valence-electron chi connectivity index (χ4n) is 5.10. The Bertz CT molecular complexity index is 1270. The predicted molar refractivity (Wildman–Crippen MR) is 170 cm³/mol. The molecule has 4 aromatic rings. The van der Waals surface area contributed by atoms with Crippen molar-refractivity contribution in [3.05, 3.63) is 95.4 Å². The fraction of sp³-hybridized carbons (Fsp3) is 0.405. The summed E-state index contributed by atoms with van der Waals surface area (Å²) in [6, 6.07) is 26.2.